The summed E-state index contributed by atoms with van der Waals surface area (Å²) in [6.45, 7) is 0. The number of carbonyl (C=O) groups is 2. The van der Waals surface area contributed by atoms with E-state index >= 15 is 0 Å². The monoisotopic (exact) mass is 340 g/mol. The first kappa shape index (κ1) is 14.7. The molecule has 3 aromatic rings. The molecule has 24 heavy (non-hydrogen) atoms. The Kier molecular flexibility index (Phi) is 3.46. The fourth-order valence-electron chi connectivity index (χ4n) is 2.88. The van der Waals surface area contributed by atoms with Gasteiger partial charge in [-0.2, -0.15) is 0 Å². The molecule has 0 unspecified atom stereocenters. The van der Waals surface area contributed by atoms with Crippen LogP contribution in [0, 0.1) is 0 Å². The molecule has 2 aromatic carbocycles. The van der Waals surface area contributed by atoms with Crippen LogP contribution in [0.5, 0.6) is 0 Å². The lowest BCUT2D eigenvalue weighted by Gasteiger charge is -2.25. The highest BCUT2D eigenvalue weighted by Crippen LogP contribution is 2.31. The molecular formula is C17H13ClN4O2. The van der Waals surface area contributed by atoms with Crippen molar-refractivity contribution in [2.24, 2.45) is 0 Å². The van der Waals surface area contributed by atoms with Gasteiger partial charge in [0.2, 0.25) is 17.8 Å². The quantitative estimate of drug-likeness (QED) is 0.752. The number of hydrogen-bond donors (Lipinski definition) is 2. The van der Waals surface area contributed by atoms with Gasteiger partial charge in [0.25, 0.3) is 0 Å². The lowest BCUT2D eigenvalue weighted by atomic mass is 10.1. The first-order valence-electron chi connectivity index (χ1n) is 7.46. The van der Waals surface area contributed by atoms with E-state index < -0.39 is 6.04 Å². The van der Waals surface area contributed by atoms with E-state index in [9.17, 15) is 9.59 Å². The lowest BCUT2D eigenvalue weighted by molar-refractivity contribution is -0.124. The van der Waals surface area contributed by atoms with E-state index in [4.69, 9.17) is 11.6 Å². The SMILES string of the molecule is O=C1C[C@@H](C(=O)Nc2ccccc2Cl)n2c(nc3ccccc32)N1. The predicted molar refractivity (Wildman–Crippen MR) is 92.1 cm³/mol. The number of nitrogens with zero attached hydrogens (tertiary/aromatic N) is 2. The molecule has 1 aromatic heterocycles. The molecule has 0 spiro atoms. The van der Waals surface area contributed by atoms with Gasteiger partial charge in [0.05, 0.1) is 28.2 Å². The summed E-state index contributed by atoms with van der Waals surface area (Å²) in [4.78, 5) is 29.1. The van der Waals surface area contributed by atoms with Crippen LogP contribution in [0.3, 0.4) is 0 Å². The van der Waals surface area contributed by atoms with E-state index in [0.29, 0.717) is 16.7 Å². The van der Waals surface area contributed by atoms with Crippen molar-refractivity contribution in [3.05, 3.63) is 53.6 Å². The van der Waals surface area contributed by atoms with Gasteiger partial charge in [-0.05, 0) is 24.3 Å². The van der Waals surface area contributed by atoms with Crippen LogP contribution in [0.25, 0.3) is 11.0 Å². The Morgan fingerprint density at radius 1 is 1.21 bits per heavy atom. The number of amides is 2. The standard InChI is InChI=1S/C17H13ClN4O2/c18-10-5-1-2-6-11(10)19-16(24)14-9-15(23)21-17-20-12-7-3-4-8-13(12)22(14)17/h1-8,14H,9H2,(H,19,24)(H,20,21,23)/t14-/m0/s1. The van der Waals surface area contributed by atoms with Gasteiger partial charge in [0.1, 0.15) is 6.04 Å². The number of hydrogen-bond acceptors (Lipinski definition) is 3. The third kappa shape index (κ3) is 2.41. The van der Waals surface area contributed by atoms with E-state index in [-0.39, 0.29) is 18.2 Å². The summed E-state index contributed by atoms with van der Waals surface area (Å²) in [5.41, 5.74) is 2.04. The van der Waals surface area contributed by atoms with Gasteiger partial charge in [-0.3, -0.25) is 19.5 Å². The molecule has 7 heteroatoms. The van der Waals surface area contributed by atoms with Crippen LogP contribution in [0.4, 0.5) is 11.6 Å². The van der Waals surface area contributed by atoms with Crippen molar-refractivity contribution < 1.29 is 9.59 Å². The molecule has 4 rings (SSSR count). The first-order chi connectivity index (χ1) is 11.6. The van der Waals surface area contributed by atoms with Crippen molar-refractivity contribution in [1.82, 2.24) is 9.55 Å². The summed E-state index contributed by atoms with van der Waals surface area (Å²) in [5, 5.41) is 5.96. The normalized spacial score (nSPS) is 16.5. The van der Waals surface area contributed by atoms with Crippen molar-refractivity contribution in [3.8, 4) is 0 Å². The second kappa shape index (κ2) is 5.65. The summed E-state index contributed by atoms with van der Waals surface area (Å²) in [6, 6.07) is 13.8. The highest BCUT2D eigenvalue weighted by molar-refractivity contribution is 6.33. The van der Waals surface area contributed by atoms with Crippen LogP contribution in [-0.2, 0) is 9.59 Å². The molecule has 6 nitrogen and oxygen atoms in total. The molecule has 1 aliphatic rings. The molecule has 0 radical (unpaired) electrons. The van der Waals surface area contributed by atoms with E-state index in [2.05, 4.69) is 15.6 Å². The van der Waals surface area contributed by atoms with Crippen molar-refractivity contribution in [3.63, 3.8) is 0 Å². The number of nitrogens with one attached hydrogen (secondary N) is 2. The van der Waals surface area contributed by atoms with E-state index in [1.807, 2.05) is 24.3 Å². The third-order valence-corrected chi connectivity index (χ3v) is 4.30. The maximum absolute atomic E-state index is 12.8. The van der Waals surface area contributed by atoms with Crippen LogP contribution < -0.4 is 10.6 Å². The minimum atomic E-state index is -0.683. The smallest absolute Gasteiger partial charge is 0.248 e. The number of halogens is 1. The summed E-state index contributed by atoms with van der Waals surface area (Å²) < 4.78 is 1.75. The number of para-hydroxylation sites is 3. The molecule has 0 saturated carbocycles. The predicted octanol–water partition coefficient (Wildman–Crippen LogP) is 3.21. The Morgan fingerprint density at radius 3 is 2.79 bits per heavy atom. The molecular weight excluding hydrogens is 328 g/mol. The Balaban J connectivity index is 1.75. The second-order valence-electron chi connectivity index (χ2n) is 5.53. The number of rotatable bonds is 2. The third-order valence-electron chi connectivity index (χ3n) is 3.97. The van der Waals surface area contributed by atoms with Crippen LogP contribution >= 0.6 is 11.6 Å². The minimum Gasteiger partial charge on any atom is -0.323 e. The fraction of sp³-hybridized carbons (Fsp3) is 0.118. The summed E-state index contributed by atoms with van der Waals surface area (Å²) in [7, 11) is 0. The lowest BCUT2D eigenvalue weighted by Crippen LogP contribution is -2.35. The maximum atomic E-state index is 12.8. The van der Waals surface area contributed by atoms with Crippen LogP contribution in [0.1, 0.15) is 12.5 Å². The van der Waals surface area contributed by atoms with Crippen LogP contribution in [0.2, 0.25) is 5.02 Å². The van der Waals surface area contributed by atoms with Gasteiger partial charge in [0.15, 0.2) is 0 Å². The zero-order chi connectivity index (χ0) is 16.7. The molecule has 0 aliphatic carbocycles. The average molecular weight is 341 g/mol. The zero-order valence-electron chi connectivity index (χ0n) is 12.5. The largest absolute Gasteiger partial charge is 0.323 e. The number of aromatic nitrogens is 2. The maximum Gasteiger partial charge on any atom is 0.248 e. The Hall–Kier alpha value is -2.86. The van der Waals surface area contributed by atoms with Gasteiger partial charge >= 0.3 is 0 Å². The van der Waals surface area contributed by atoms with Gasteiger partial charge in [-0.15, -0.1) is 0 Å². The Labute approximate surface area is 142 Å². The number of fused-ring (bicyclic) bond motifs is 3. The molecule has 120 valence electrons. The average Bonchev–Trinajstić information content (AvgIpc) is 2.94. The topological polar surface area (TPSA) is 76.0 Å². The number of benzene rings is 2. The molecule has 2 heterocycles. The molecule has 0 saturated heterocycles. The summed E-state index contributed by atoms with van der Waals surface area (Å²) >= 11 is 6.10. The van der Waals surface area contributed by atoms with Crippen LogP contribution in [-0.4, -0.2) is 21.4 Å². The summed E-state index contributed by atoms with van der Waals surface area (Å²) in [6.07, 6.45) is 0.0453. The summed E-state index contributed by atoms with van der Waals surface area (Å²) in [5.74, 6) is -0.161. The number of carbonyl (C=O) groups excluding carboxylic acids is 2. The van der Waals surface area contributed by atoms with Crippen molar-refractivity contribution in [1.29, 1.82) is 0 Å². The Bertz CT molecular complexity index is 966. The van der Waals surface area contributed by atoms with Crippen molar-refractivity contribution in [2.45, 2.75) is 12.5 Å². The highest BCUT2D eigenvalue weighted by Gasteiger charge is 2.33. The fourth-order valence-corrected chi connectivity index (χ4v) is 3.06. The molecule has 0 bridgehead atoms. The second-order valence-corrected chi connectivity index (χ2v) is 5.94. The molecule has 0 fully saturated rings. The minimum absolute atomic E-state index is 0.0453. The Morgan fingerprint density at radius 2 is 1.96 bits per heavy atom. The first-order valence-corrected chi connectivity index (χ1v) is 7.83. The van der Waals surface area contributed by atoms with Crippen LogP contribution in [0.15, 0.2) is 48.5 Å². The number of anilines is 2. The van der Waals surface area contributed by atoms with Gasteiger partial charge in [-0.1, -0.05) is 35.9 Å². The molecule has 2 N–H and O–H groups in total. The van der Waals surface area contributed by atoms with Crippen molar-refractivity contribution in [2.75, 3.05) is 10.6 Å². The molecule has 1 aliphatic heterocycles. The van der Waals surface area contributed by atoms with Gasteiger partial charge in [0, 0.05) is 0 Å². The van der Waals surface area contributed by atoms with E-state index in [0.717, 1.165) is 11.0 Å². The highest BCUT2D eigenvalue weighted by atomic mass is 35.5. The molecule has 2 amide bonds. The van der Waals surface area contributed by atoms with E-state index in [1.54, 1.807) is 28.8 Å². The molecule has 1 atom stereocenters. The van der Waals surface area contributed by atoms with Crippen molar-refractivity contribution >= 4 is 46.1 Å². The zero-order valence-corrected chi connectivity index (χ0v) is 13.2. The van der Waals surface area contributed by atoms with Gasteiger partial charge < -0.3 is 5.32 Å². The van der Waals surface area contributed by atoms with E-state index in [1.165, 1.54) is 0 Å². The number of imidazole rings is 1. The van der Waals surface area contributed by atoms with Gasteiger partial charge in [-0.25, -0.2) is 4.98 Å².